The van der Waals surface area contributed by atoms with Gasteiger partial charge in [0.05, 0.1) is 5.02 Å². The first-order valence-corrected chi connectivity index (χ1v) is 8.20. The maximum Gasteiger partial charge on any atom is 0.138 e. The van der Waals surface area contributed by atoms with E-state index in [2.05, 4.69) is 11.8 Å². The van der Waals surface area contributed by atoms with Gasteiger partial charge in [-0.2, -0.15) is 0 Å². The van der Waals surface area contributed by atoms with Crippen molar-refractivity contribution in [2.45, 2.75) is 32.8 Å². The summed E-state index contributed by atoms with van der Waals surface area (Å²) in [6.07, 6.45) is 1.51. The molecule has 5 heteroatoms. The Hall–Kier alpha value is -0.810. The third-order valence-corrected chi connectivity index (χ3v) is 4.54. The second-order valence-corrected chi connectivity index (χ2v) is 7.11. The van der Waals surface area contributed by atoms with E-state index in [4.69, 9.17) is 16.3 Å². The molecule has 2 rings (SSSR count). The van der Waals surface area contributed by atoms with Gasteiger partial charge >= 0.3 is 0 Å². The summed E-state index contributed by atoms with van der Waals surface area (Å²) in [5, 5.41) is 20.2. The molecule has 1 aromatic carbocycles. The van der Waals surface area contributed by atoms with Crippen molar-refractivity contribution >= 4 is 11.6 Å². The molecule has 1 aliphatic rings. The molecule has 0 saturated carbocycles. The molecule has 0 unspecified atom stereocenters. The van der Waals surface area contributed by atoms with E-state index in [1.165, 1.54) is 0 Å². The van der Waals surface area contributed by atoms with Gasteiger partial charge in [-0.3, -0.25) is 0 Å². The van der Waals surface area contributed by atoms with Crippen molar-refractivity contribution in [1.82, 2.24) is 4.90 Å². The zero-order valence-electron chi connectivity index (χ0n) is 13.4. The van der Waals surface area contributed by atoms with Gasteiger partial charge in [-0.05, 0) is 44.0 Å². The second kappa shape index (κ2) is 7.64. The number of aliphatic hydroxyl groups is 2. The Morgan fingerprint density at radius 2 is 2.23 bits per heavy atom. The van der Waals surface area contributed by atoms with E-state index < -0.39 is 6.10 Å². The van der Waals surface area contributed by atoms with Crippen LogP contribution >= 0.6 is 11.6 Å². The van der Waals surface area contributed by atoms with Gasteiger partial charge in [0.1, 0.15) is 18.5 Å². The van der Waals surface area contributed by atoms with E-state index in [1.807, 2.05) is 19.1 Å². The third-order valence-electron chi connectivity index (χ3n) is 4.23. The monoisotopic (exact) mass is 327 g/mol. The quantitative estimate of drug-likeness (QED) is 0.843. The summed E-state index contributed by atoms with van der Waals surface area (Å²) in [5.74, 6) is 0.611. The van der Waals surface area contributed by atoms with Gasteiger partial charge in [0, 0.05) is 25.1 Å². The van der Waals surface area contributed by atoms with Gasteiger partial charge in [-0.1, -0.05) is 24.6 Å². The van der Waals surface area contributed by atoms with Crippen LogP contribution in [0.25, 0.3) is 0 Å². The molecule has 1 saturated heterocycles. The number of benzene rings is 1. The van der Waals surface area contributed by atoms with Crippen LogP contribution in [0, 0.1) is 12.3 Å². The predicted molar refractivity (Wildman–Crippen MR) is 88.6 cm³/mol. The lowest BCUT2D eigenvalue weighted by Crippen LogP contribution is -2.47. The largest absolute Gasteiger partial charge is 0.489 e. The summed E-state index contributed by atoms with van der Waals surface area (Å²) >= 11 is 6.08. The van der Waals surface area contributed by atoms with E-state index in [0.29, 0.717) is 17.3 Å². The minimum Gasteiger partial charge on any atom is -0.489 e. The first-order chi connectivity index (χ1) is 10.4. The van der Waals surface area contributed by atoms with E-state index in [0.717, 1.165) is 31.5 Å². The van der Waals surface area contributed by atoms with E-state index in [9.17, 15) is 10.2 Å². The van der Waals surface area contributed by atoms with Crippen molar-refractivity contribution in [1.29, 1.82) is 0 Å². The van der Waals surface area contributed by atoms with Gasteiger partial charge in [-0.15, -0.1) is 0 Å². The molecule has 0 radical (unpaired) electrons. The van der Waals surface area contributed by atoms with Crippen molar-refractivity contribution in [2.75, 3.05) is 32.8 Å². The Bertz CT molecular complexity index is 497. The highest BCUT2D eigenvalue weighted by Gasteiger charge is 2.31. The number of halogens is 1. The first kappa shape index (κ1) is 17.5. The molecule has 0 aliphatic carbocycles. The number of likely N-dealkylation sites (tertiary alicyclic amines) is 1. The minimum absolute atomic E-state index is 0.0569. The van der Waals surface area contributed by atoms with Gasteiger partial charge < -0.3 is 19.8 Å². The molecule has 22 heavy (non-hydrogen) atoms. The Morgan fingerprint density at radius 1 is 1.45 bits per heavy atom. The van der Waals surface area contributed by atoms with E-state index in [1.54, 1.807) is 6.07 Å². The molecule has 4 nitrogen and oxygen atoms in total. The standard InChI is InChI=1S/C17H26ClNO3/c1-13-4-5-15(18)16(8-13)22-10-14(21)9-19-7-3-6-17(2,11-19)12-20/h4-5,8,14,20-21H,3,6-7,9-12H2,1-2H3/t14-,17+/m1/s1. The van der Waals surface area contributed by atoms with Gasteiger partial charge in [0.25, 0.3) is 0 Å². The van der Waals surface area contributed by atoms with Crippen molar-refractivity contribution in [3.63, 3.8) is 0 Å². The number of aliphatic hydroxyl groups excluding tert-OH is 2. The molecule has 0 aromatic heterocycles. The van der Waals surface area contributed by atoms with Crippen LogP contribution in [-0.2, 0) is 0 Å². The molecule has 1 aromatic rings. The predicted octanol–water partition coefficient (Wildman–Crippen LogP) is 2.48. The summed E-state index contributed by atoms with van der Waals surface area (Å²) in [7, 11) is 0. The van der Waals surface area contributed by atoms with Crippen molar-refractivity contribution in [2.24, 2.45) is 5.41 Å². The fourth-order valence-corrected chi connectivity index (χ4v) is 3.14. The maximum absolute atomic E-state index is 10.2. The smallest absolute Gasteiger partial charge is 0.138 e. The third kappa shape index (κ3) is 4.85. The number of ether oxygens (including phenoxy) is 1. The zero-order chi connectivity index (χ0) is 16.2. The number of rotatable bonds is 6. The molecule has 0 spiro atoms. The van der Waals surface area contributed by atoms with Crippen molar-refractivity contribution in [3.05, 3.63) is 28.8 Å². The highest BCUT2D eigenvalue weighted by Crippen LogP contribution is 2.29. The summed E-state index contributed by atoms with van der Waals surface area (Å²) < 4.78 is 5.64. The molecule has 1 heterocycles. The molecule has 0 bridgehead atoms. The van der Waals surface area contributed by atoms with Crippen LogP contribution in [0.3, 0.4) is 0 Å². The molecular weight excluding hydrogens is 302 g/mol. The number of hydrogen-bond acceptors (Lipinski definition) is 4. The number of aryl methyl sites for hydroxylation is 1. The SMILES string of the molecule is Cc1ccc(Cl)c(OC[C@H](O)CN2CCC[C@](C)(CO)C2)c1. The topological polar surface area (TPSA) is 52.9 Å². The number of nitrogens with zero attached hydrogens (tertiary/aromatic N) is 1. The zero-order valence-corrected chi connectivity index (χ0v) is 14.1. The summed E-state index contributed by atoms with van der Waals surface area (Å²) in [6, 6.07) is 5.60. The number of piperidine rings is 1. The Kier molecular flexibility index (Phi) is 6.09. The van der Waals surface area contributed by atoms with Crippen molar-refractivity contribution < 1.29 is 14.9 Å². The number of β-amino-alcohol motifs (C(OH)–C–C–N with tert-alkyl or cyclic N) is 1. The lowest BCUT2D eigenvalue weighted by atomic mass is 9.83. The highest BCUT2D eigenvalue weighted by atomic mass is 35.5. The lowest BCUT2D eigenvalue weighted by molar-refractivity contribution is 0.0101. The molecule has 2 N–H and O–H groups in total. The molecule has 0 amide bonds. The van der Waals surface area contributed by atoms with Crippen molar-refractivity contribution in [3.8, 4) is 5.75 Å². The van der Waals surface area contributed by atoms with E-state index in [-0.39, 0.29) is 18.6 Å². The first-order valence-electron chi connectivity index (χ1n) is 7.82. The van der Waals surface area contributed by atoms with Crippen LogP contribution in [0.15, 0.2) is 18.2 Å². The number of hydrogen-bond donors (Lipinski definition) is 2. The van der Waals surface area contributed by atoms with Crippen LogP contribution in [0.4, 0.5) is 0 Å². The van der Waals surface area contributed by atoms with Gasteiger partial charge in [0.2, 0.25) is 0 Å². The second-order valence-electron chi connectivity index (χ2n) is 6.71. The van der Waals surface area contributed by atoms with Crippen LogP contribution in [0.5, 0.6) is 5.75 Å². The molecule has 2 atom stereocenters. The van der Waals surface area contributed by atoms with Gasteiger partial charge in [-0.25, -0.2) is 0 Å². The van der Waals surface area contributed by atoms with Gasteiger partial charge in [0.15, 0.2) is 0 Å². The Labute approximate surface area is 137 Å². The van der Waals surface area contributed by atoms with Crippen LogP contribution in [0.1, 0.15) is 25.3 Å². The van der Waals surface area contributed by atoms with Crippen LogP contribution in [-0.4, -0.2) is 54.1 Å². The summed E-state index contributed by atoms with van der Waals surface area (Å²) in [4.78, 5) is 2.20. The lowest BCUT2D eigenvalue weighted by Gasteiger charge is -2.40. The fraction of sp³-hybridized carbons (Fsp3) is 0.647. The summed E-state index contributed by atoms with van der Waals surface area (Å²) in [6.45, 7) is 6.80. The normalized spacial score (nSPS) is 24.2. The molecular formula is C17H26ClNO3. The molecule has 124 valence electrons. The Balaban J connectivity index is 1.83. The average Bonchev–Trinajstić information content (AvgIpc) is 2.48. The van der Waals surface area contributed by atoms with E-state index >= 15 is 0 Å². The van der Waals surface area contributed by atoms with Crippen LogP contribution in [0.2, 0.25) is 5.02 Å². The summed E-state index contributed by atoms with van der Waals surface area (Å²) in [5.41, 5.74) is 1.02. The van der Waals surface area contributed by atoms with Crippen LogP contribution < -0.4 is 4.74 Å². The fourth-order valence-electron chi connectivity index (χ4n) is 2.97. The molecule has 1 fully saturated rings. The highest BCUT2D eigenvalue weighted by molar-refractivity contribution is 6.32. The molecule has 1 aliphatic heterocycles. The average molecular weight is 328 g/mol. The minimum atomic E-state index is -0.572. The maximum atomic E-state index is 10.2. The Morgan fingerprint density at radius 3 is 2.95 bits per heavy atom.